The van der Waals surface area contributed by atoms with Crippen LogP contribution in [0.1, 0.15) is 69.9 Å². The second-order valence-electron chi connectivity index (χ2n) is 11.2. The molecule has 3 saturated carbocycles. The van der Waals surface area contributed by atoms with Gasteiger partial charge in [-0.1, -0.05) is 49.8 Å². The Bertz CT molecular complexity index is 1040. The van der Waals surface area contributed by atoms with E-state index in [-0.39, 0.29) is 0 Å². The van der Waals surface area contributed by atoms with Crippen molar-refractivity contribution in [3.63, 3.8) is 0 Å². The first kappa shape index (κ1) is 22.7. The van der Waals surface area contributed by atoms with Crippen LogP contribution < -0.4 is 0 Å². The quantitative estimate of drug-likeness (QED) is 0.405. The normalized spacial score (nSPS) is 28.8. The van der Waals surface area contributed by atoms with Crippen LogP contribution in [0.3, 0.4) is 0 Å². The molecule has 4 nitrogen and oxygen atoms in total. The summed E-state index contributed by atoms with van der Waals surface area (Å²) in [5.41, 5.74) is 3.46. The van der Waals surface area contributed by atoms with Gasteiger partial charge in [-0.3, -0.25) is 4.98 Å². The summed E-state index contributed by atoms with van der Waals surface area (Å²) in [5, 5.41) is 0.665. The van der Waals surface area contributed by atoms with Gasteiger partial charge in [-0.2, -0.15) is 0 Å². The van der Waals surface area contributed by atoms with Crippen LogP contribution in [0.15, 0.2) is 35.5 Å². The zero-order chi connectivity index (χ0) is 23.0. The van der Waals surface area contributed by atoms with Gasteiger partial charge in [0.2, 0.25) is 0 Å². The number of aliphatic imine (C=N–C) groups is 1. The Morgan fingerprint density at radius 2 is 1.94 bits per heavy atom. The monoisotopic (exact) mass is 477 g/mol. The summed E-state index contributed by atoms with van der Waals surface area (Å²) in [6.07, 6.45) is 18.5. The Balaban J connectivity index is 1.14. The molecule has 0 radical (unpaired) electrons. The molecule has 0 bridgehead atoms. The maximum absolute atomic E-state index is 6.60. The van der Waals surface area contributed by atoms with Crippen molar-refractivity contribution in [1.82, 2.24) is 9.97 Å². The lowest BCUT2D eigenvalue weighted by atomic mass is 9.62. The van der Waals surface area contributed by atoms with Crippen LogP contribution in [-0.2, 0) is 11.2 Å². The summed E-state index contributed by atoms with van der Waals surface area (Å²) in [7, 11) is 0. The number of pyridine rings is 2. The third-order valence-electron chi connectivity index (χ3n) is 9.25. The summed E-state index contributed by atoms with van der Waals surface area (Å²) < 4.78 is 5.54. The number of hydrogen-bond acceptors (Lipinski definition) is 4. The molecule has 4 fully saturated rings. The van der Waals surface area contributed by atoms with Crippen molar-refractivity contribution < 1.29 is 4.74 Å². The third kappa shape index (κ3) is 4.68. The highest BCUT2D eigenvalue weighted by Gasteiger charge is 2.53. The summed E-state index contributed by atoms with van der Waals surface area (Å²) in [6.45, 7) is 1.78. The van der Waals surface area contributed by atoms with Crippen LogP contribution in [0, 0.1) is 29.1 Å². The van der Waals surface area contributed by atoms with Crippen LogP contribution in [-0.4, -0.2) is 29.4 Å². The van der Waals surface area contributed by atoms with Crippen molar-refractivity contribution in [2.75, 3.05) is 13.2 Å². The van der Waals surface area contributed by atoms with E-state index in [2.05, 4.69) is 12.3 Å². The highest BCUT2D eigenvalue weighted by atomic mass is 35.5. The van der Waals surface area contributed by atoms with E-state index in [4.69, 9.17) is 31.3 Å². The Hall–Kier alpha value is -1.78. The lowest BCUT2D eigenvalue weighted by Crippen LogP contribution is -2.35. The Labute approximate surface area is 208 Å². The minimum absolute atomic E-state index is 0.444. The average molecular weight is 478 g/mol. The van der Waals surface area contributed by atoms with Crippen molar-refractivity contribution in [2.24, 2.45) is 34.1 Å². The summed E-state index contributed by atoms with van der Waals surface area (Å²) in [5.74, 6) is 3.96. The molecule has 3 aliphatic carbocycles. The van der Waals surface area contributed by atoms with E-state index in [1.807, 2.05) is 24.4 Å². The molecule has 34 heavy (non-hydrogen) atoms. The van der Waals surface area contributed by atoms with Gasteiger partial charge in [-0.15, -0.1) is 0 Å². The van der Waals surface area contributed by atoms with Crippen LogP contribution in [0.2, 0.25) is 5.02 Å². The molecule has 1 aliphatic heterocycles. The predicted molar refractivity (Wildman–Crippen MR) is 138 cm³/mol. The van der Waals surface area contributed by atoms with E-state index >= 15 is 0 Å². The lowest BCUT2D eigenvalue weighted by molar-refractivity contribution is 0.0554. The third-order valence-corrected chi connectivity index (χ3v) is 9.55. The van der Waals surface area contributed by atoms with Gasteiger partial charge in [0.1, 0.15) is 0 Å². The number of halogens is 1. The fraction of sp³-hybridized carbons (Fsp3) is 0.621. The average Bonchev–Trinajstić information content (AvgIpc) is 3.53. The molecule has 2 aromatic rings. The molecule has 180 valence electrons. The van der Waals surface area contributed by atoms with E-state index in [0.717, 1.165) is 73.0 Å². The molecule has 2 aromatic heterocycles. The van der Waals surface area contributed by atoms with Crippen LogP contribution in [0.5, 0.6) is 0 Å². The Morgan fingerprint density at radius 3 is 2.74 bits per heavy atom. The lowest BCUT2D eigenvalue weighted by Gasteiger charge is -2.43. The summed E-state index contributed by atoms with van der Waals surface area (Å²) >= 11 is 6.60. The zero-order valence-electron chi connectivity index (χ0n) is 20.1. The van der Waals surface area contributed by atoms with E-state index in [1.165, 1.54) is 51.4 Å². The summed E-state index contributed by atoms with van der Waals surface area (Å²) in [6, 6.07) is 8.23. The van der Waals surface area contributed by atoms with Gasteiger partial charge >= 0.3 is 0 Å². The van der Waals surface area contributed by atoms with E-state index in [9.17, 15) is 0 Å². The fourth-order valence-electron chi connectivity index (χ4n) is 6.84. The highest BCUT2D eigenvalue weighted by Crippen LogP contribution is 2.58. The minimum atomic E-state index is 0.444. The van der Waals surface area contributed by atoms with Gasteiger partial charge in [-0.25, -0.2) is 9.98 Å². The molecule has 3 heterocycles. The van der Waals surface area contributed by atoms with Gasteiger partial charge in [0.15, 0.2) is 5.82 Å². The predicted octanol–water partition coefficient (Wildman–Crippen LogP) is 7.47. The molecule has 6 rings (SSSR count). The van der Waals surface area contributed by atoms with Crippen molar-refractivity contribution >= 4 is 23.6 Å². The van der Waals surface area contributed by atoms with Crippen molar-refractivity contribution in [1.29, 1.82) is 0 Å². The minimum Gasteiger partial charge on any atom is -0.381 e. The van der Waals surface area contributed by atoms with Crippen molar-refractivity contribution in [3.05, 3.63) is 41.2 Å². The largest absolute Gasteiger partial charge is 0.381 e. The number of ether oxygens (including phenoxy) is 1. The zero-order valence-corrected chi connectivity index (χ0v) is 20.8. The van der Waals surface area contributed by atoms with Crippen LogP contribution >= 0.6 is 11.6 Å². The summed E-state index contributed by atoms with van der Waals surface area (Å²) in [4.78, 5) is 14.3. The molecule has 5 heteroatoms. The van der Waals surface area contributed by atoms with Gasteiger partial charge in [-0.05, 0) is 79.9 Å². The van der Waals surface area contributed by atoms with Crippen molar-refractivity contribution in [2.45, 2.75) is 70.6 Å². The van der Waals surface area contributed by atoms with E-state index in [0.29, 0.717) is 16.4 Å². The Kier molecular flexibility index (Phi) is 6.47. The first-order valence-corrected chi connectivity index (χ1v) is 13.8. The molecule has 0 aromatic carbocycles. The standard InChI is InChI=1S/C29H36ClN3O/c30-26-19-31-23(15-21-9-10-24(21)20-5-2-1-3-6-20)16-25(26)27-7-4-8-28(33-27)32-18-22-17-29(22)11-13-34-14-12-29/h4,7-8,16,18-22,24H,1-3,5-6,9-15,17H2/b32-18+/t21-,22-,24?/m1/s1. The highest BCUT2D eigenvalue weighted by molar-refractivity contribution is 6.33. The first-order chi connectivity index (χ1) is 16.7. The smallest absolute Gasteiger partial charge is 0.152 e. The van der Waals surface area contributed by atoms with E-state index in [1.54, 1.807) is 0 Å². The van der Waals surface area contributed by atoms with Crippen LogP contribution in [0.25, 0.3) is 11.3 Å². The van der Waals surface area contributed by atoms with Gasteiger partial charge in [0.05, 0.1) is 10.7 Å². The maximum atomic E-state index is 6.60. The molecule has 3 atom stereocenters. The SMILES string of the molecule is Clc1cnc(C[C@H]2CCC2C2CCCCC2)cc1-c1cccc(/N=C/[C@H]2CC23CCOCC3)n1. The Morgan fingerprint density at radius 1 is 1.09 bits per heavy atom. The first-order valence-electron chi connectivity index (χ1n) is 13.4. The van der Waals surface area contributed by atoms with Gasteiger partial charge in [0, 0.05) is 42.8 Å². The molecule has 1 unspecified atom stereocenters. The number of aromatic nitrogens is 2. The number of rotatable bonds is 6. The number of nitrogens with zero attached hydrogens (tertiary/aromatic N) is 3. The van der Waals surface area contributed by atoms with Gasteiger partial charge < -0.3 is 4.74 Å². The van der Waals surface area contributed by atoms with Crippen LogP contribution in [0.4, 0.5) is 5.82 Å². The topological polar surface area (TPSA) is 47.4 Å². The molecular weight excluding hydrogens is 442 g/mol. The molecule has 1 saturated heterocycles. The number of hydrogen-bond donors (Lipinski definition) is 0. The molecule has 4 aliphatic rings. The van der Waals surface area contributed by atoms with Gasteiger partial charge in [0.25, 0.3) is 0 Å². The molecule has 1 spiro atoms. The molecule has 0 amide bonds. The fourth-order valence-corrected chi connectivity index (χ4v) is 7.04. The van der Waals surface area contributed by atoms with Crippen molar-refractivity contribution in [3.8, 4) is 11.3 Å². The second kappa shape index (κ2) is 9.70. The second-order valence-corrected chi connectivity index (χ2v) is 11.6. The van der Waals surface area contributed by atoms with E-state index < -0.39 is 0 Å². The molecule has 0 N–H and O–H groups in total. The maximum Gasteiger partial charge on any atom is 0.152 e. The molecular formula is C29H36ClN3O.